The van der Waals surface area contributed by atoms with Gasteiger partial charge < -0.3 is 9.53 Å². The summed E-state index contributed by atoms with van der Waals surface area (Å²) in [5, 5.41) is 0. The lowest BCUT2D eigenvalue weighted by Crippen LogP contribution is -2.33. The van der Waals surface area contributed by atoms with Gasteiger partial charge in [0.25, 0.3) is 0 Å². The molecule has 0 aromatic heterocycles. The first kappa shape index (κ1) is 11.7. The Hall–Kier alpha value is -1.32. The molecule has 0 aliphatic rings. The Kier molecular flexibility index (Phi) is 6.59. The van der Waals surface area contributed by atoms with Crippen molar-refractivity contribution in [1.82, 2.24) is 4.90 Å². The zero-order valence-electron chi connectivity index (χ0n) is 8.03. The Morgan fingerprint density at radius 2 is 2.15 bits per heavy atom. The number of hydrogen-bond acceptors (Lipinski definition) is 3. The van der Waals surface area contributed by atoms with Crippen LogP contribution in [0.15, 0.2) is 12.2 Å². The minimum Gasteiger partial charge on any atom is -0.450 e. The fourth-order valence-electron chi connectivity index (χ4n) is 0.761. The van der Waals surface area contributed by atoms with E-state index >= 15 is 0 Å². The highest BCUT2D eigenvalue weighted by molar-refractivity contribution is 5.71. The van der Waals surface area contributed by atoms with Crippen molar-refractivity contribution in [1.29, 1.82) is 0 Å². The molecule has 0 rings (SSSR count). The van der Waals surface area contributed by atoms with E-state index in [2.05, 4.69) is 0 Å². The molecule has 1 amide bonds. The molecule has 0 saturated heterocycles. The average Bonchev–Trinajstić information content (AvgIpc) is 2.12. The summed E-state index contributed by atoms with van der Waals surface area (Å²) in [6, 6.07) is 0. The van der Waals surface area contributed by atoms with E-state index in [-0.39, 0.29) is 6.54 Å². The molecule has 0 bridgehead atoms. The highest BCUT2D eigenvalue weighted by Gasteiger charge is 2.11. The molecular weight excluding hydrogens is 170 g/mol. The molecule has 74 valence electrons. The van der Waals surface area contributed by atoms with Crippen molar-refractivity contribution in [3.05, 3.63) is 12.2 Å². The standard InChI is InChI=1S/C9H15NO3/c1-3-5-6-10(7-8-11)9(12)13-4-2/h3,5,8H,4,6-7H2,1-2H3/b5-3+. The Balaban J connectivity index is 4.05. The molecule has 0 radical (unpaired) electrons. The molecule has 13 heavy (non-hydrogen) atoms. The lowest BCUT2D eigenvalue weighted by Gasteiger charge is -2.16. The molecule has 0 fully saturated rings. The minimum atomic E-state index is -0.451. The zero-order valence-corrected chi connectivity index (χ0v) is 8.03. The molecular formula is C9H15NO3. The fourth-order valence-corrected chi connectivity index (χ4v) is 0.761. The van der Waals surface area contributed by atoms with Crippen molar-refractivity contribution in [3.63, 3.8) is 0 Å². The van der Waals surface area contributed by atoms with Crippen LogP contribution in [0.25, 0.3) is 0 Å². The third kappa shape index (κ3) is 5.00. The normalized spacial score (nSPS) is 10.0. The SMILES string of the molecule is C/C=C/CN(CC=O)C(=O)OCC. The van der Waals surface area contributed by atoms with Crippen molar-refractivity contribution in [2.45, 2.75) is 13.8 Å². The number of carbonyl (C=O) groups excluding carboxylic acids is 2. The van der Waals surface area contributed by atoms with E-state index in [1.54, 1.807) is 13.0 Å². The predicted molar refractivity (Wildman–Crippen MR) is 49.5 cm³/mol. The maximum atomic E-state index is 11.1. The molecule has 0 aliphatic heterocycles. The fraction of sp³-hybridized carbons (Fsp3) is 0.556. The summed E-state index contributed by atoms with van der Waals surface area (Å²) < 4.78 is 4.75. The molecule has 0 aromatic carbocycles. The van der Waals surface area contributed by atoms with Crippen LogP contribution in [0.4, 0.5) is 4.79 Å². The van der Waals surface area contributed by atoms with Gasteiger partial charge in [-0.3, -0.25) is 4.90 Å². The largest absolute Gasteiger partial charge is 0.450 e. The highest BCUT2D eigenvalue weighted by atomic mass is 16.6. The number of hydrogen-bond donors (Lipinski definition) is 0. The molecule has 0 atom stereocenters. The number of allylic oxidation sites excluding steroid dienone is 1. The van der Waals surface area contributed by atoms with E-state index in [0.717, 1.165) is 0 Å². The van der Waals surface area contributed by atoms with Crippen molar-refractivity contribution < 1.29 is 14.3 Å². The molecule has 0 aliphatic carbocycles. The second-order valence-electron chi connectivity index (χ2n) is 2.34. The smallest absolute Gasteiger partial charge is 0.410 e. The molecule has 0 saturated carbocycles. The monoisotopic (exact) mass is 185 g/mol. The molecule has 4 heteroatoms. The Morgan fingerprint density at radius 3 is 2.62 bits per heavy atom. The average molecular weight is 185 g/mol. The summed E-state index contributed by atoms with van der Waals surface area (Å²) in [5.41, 5.74) is 0. The van der Waals surface area contributed by atoms with Gasteiger partial charge in [0.05, 0.1) is 13.2 Å². The molecule has 0 heterocycles. The van der Waals surface area contributed by atoms with Crippen molar-refractivity contribution in [3.8, 4) is 0 Å². The van der Waals surface area contributed by atoms with Gasteiger partial charge in [-0.2, -0.15) is 0 Å². The van der Waals surface area contributed by atoms with Gasteiger partial charge in [0.1, 0.15) is 6.29 Å². The van der Waals surface area contributed by atoms with Crippen LogP contribution in [0, 0.1) is 0 Å². The van der Waals surface area contributed by atoms with E-state index in [9.17, 15) is 9.59 Å². The van der Waals surface area contributed by atoms with E-state index in [1.165, 1.54) is 4.90 Å². The number of amides is 1. The predicted octanol–water partition coefficient (Wildman–Crippen LogP) is 1.22. The quantitative estimate of drug-likeness (QED) is 0.478. The lowest BCUT2D eigenvalue weighted by atomic mass is 10.4. The van der Waals surface area contributed by atoms with Gasteiger partial charge in [-0.15, -0.1) is 0 Å². The first-order chi connectivity index (χ1) is 6.26. The van der Waals surface area contributed by atoms with E-state index in [0.29, 0.717) is 19.4 Å². The van der Waals surface area contributed by atoms with Gasteiger partial charge in [0.2, 0.25) is 0 Å². The maximum absolute atomic E-state index is 11.1. The van der Waals surface area contributed by atoms with Crippen LogP contribution in [0.3, 0.4) is 0 Å². The Labute approximate surface area is 78.2 Å². The molecule has 0 aromatic rings. The minimum absolute atomic E-state index is 0.0726. The van der Waals surface area contributed by atoms with Crippen LogP contribution < -0.4 is 0 Å². The van der Waals surface area contributed by atoms with E-state index in [1.807, 2.05) is 13.0 Å². The Bertz CT molecular complexity index is 189. The second kappa shape index (κ2) is 7.34. The van der Waals surface area contributed by atoms with Crippen LogP contribution in [-0.2, 0) is 9.53 Å². The number of nitrogens with zero attached hydrogens (tertiary/aromatic N) is 1. The summed E-state index contributed by atoms with van der Waals surface area (Å²) in [6.07, 6.45) is 3.84. The van der Waals surface area contributed by atoms with Crippen molar-refractivity contribution >= 4 is 12.4 Å². The van der Waals surface area contributed by atoms with Gasteiger partial charge in [-0.25, -0.2) is 4.79 Å². The van der Waals surface area contributed by atoms with Gasteiger partial charge in [0, 0.05) is 6.54 Å². The topological polar surface area (TPSA) is 46.6 Å². The molecule has 0 spiro atoms. The summed E-state index contributed by atoms with van der Waals surface area (Å²) in [6.45, 7) is 4.39. The lowest BCUT2D eigenvalue weighted by molar-refractivity contribution is -0.108. The number of rotatable bonds is 5. The first-order valence-electron chi connectivity index (χ1n) is 4.22. The summed E-state index contributed by atoms with van der Waals surface area (Å²) in [4.78, 5) is 22.7. The van der Waals surface area contributed by atoms with E-state index < -0.39 is 6.09 Å². The number of ether oxygens (including phenoxy) is 1. The van der Waals surface area contributed by atoms with Gasteiger partial charge in [-0.05, 0) is 13.8 Å². The van der Waals surface area contributed by atoms with Crippen LogP contribution in [0.5, 0.6) is 0 Å². The van der Waals surface area contributed by atoms with Gasteiger partial charge in [-0.1, -0.05) is 12.2 Å². The third-order valence-electron chi connectivity index (χ3n) is 1.38. The summed E-state index contributed by atoms with van der Waals surface area (Å²) in [7, 11) is 0. The number of aldehydes is 1. The van der Waals surface area contributed by atoms with Gasteiger partial charge >= 0.3 is 6.09 Å². The van der Waals surface area contributed by atoms with Crippen LogP contribution in [-0.4, -0.2) is 37.0 Å². The van der Waals surface area contributed by atoms with Crippen LogP contribution in [0.1, 0.15) is 13.8 Å². The van der Waals surface area contributed by atoms with Crippen LogP contribution >= 0.6 is 0 Å². The molecule has 0 N–H and O–H groups in total. The van der Waals surface area contributed by atoms with E-state index in [4.69, 9.17) is 4.74 Å². The summed E-state index contributed by atoms with van der Waals surface area (Å²) in [5.74, 6) is 0. The van der Waals surface area contributed by atoms with Gasteiger partial charge in [0.15, 0.2) is 0 Å². The zero-order chi connectivity index (χ0) is 10.1. The van der Waals surface area contributed by atoms with Crippen molar-refractivity contribution in [2.24, 2.45) is 0 Å². The molecule has 4 nitrogen and oxygen atoms in total. The summed E-state index contributed by atoms with van der Waals surface area (Å²) >= 11 is 0. The van der Waals surface area contributed by atoms with Crippen LogP contribution in [0.2, 0.25) is 0 Å². The third-order valence-corrected chi connectivity index (χ3v) is 1.38. The number of carbonyl (C=O) groups is 2. The second-order valence-corrected chi connectivity index (χ2v) is 2.34. The highest BCUT2D eigenvalue weighted by Crippen LogP contribution is 1.93. The maximum Gasteiger partial charge on any atom is 0.410 e. The van der Waals surface area contributed by atoms with Crippen molar-refractivity contribution in [2.75, 3.05) is 19.7 Å². The first-order valence-corrected chi connectivity index (χ1v) is 4.22. The Morgan fingerprint density at radius 1 is 1.46 bits per heavy atom. The molecule has 0 unspecified atom stereocenters.